The minimum Gasteiger partial charge on any atom is -0.463 e. The molecule has 0 radical (unpaired) electrons. The largest absolute Gasteiger partial charge is 0.463 e. The number of allylic oxidation sites excluding steroid dienone is 1. The average molecular weight is 180 g/mol. The Bertz CT molecular complexity index is 303. The van der Waals surface area contributed by atoms with Gasteiger partial charge in [0.2, 0.25) is 6.86 Å². The van der Waals surface area contributed by atoms with Crippen molar-refractivity contribution >= 4 is 5.78 Å². The first-order chi connectivity index (χ1) is 6.27. The molecule has 1 rings (SSSR count). The molecule has 0 aromatic heterocycles. The summed E-state index contributed by atoms with van der Waals surface area (Å²) in [5.74, 6) is 0.245. The molecule has 1 aromatic carbocycles. The molecule has 0 aliphatic carbocycles. The van der Waals surface area contributed by atoms with E-state index in [1.54, 1.807) is 12.1 Å². The van der Waals surface area contributed by atoms with Gasteiger partial charge in [-0.15, -0.1) is 0 Å². The fourth-order valence-corrected chi connectivity index (χ4v) is 0.896. The predicted molar refractivity (Wildman–Crippen MR) is 47.6 cm³/mol. The van der Waals surface area contributed by atoms with Crippen LogP contribution in [0.15, 0.2) is 36.9 Å². The highest BCUT2D eigenvalue weighted by molar-refractivity contribution is 6.04. The molecule has 1 aromatic rings. The number of ether oxygens (including phenoxy) is 1. The van der Waals surface area contributed by atoms with Crippen molar-refractivity contribution in [3.63, 3.8) is 0 Å². The summed E-state index contributed by atoms with van der Waals surface area (Å²) in [6.07, 6.45) is 1.23. The first-order valence-electron chi connectivity index (χ1n) is 3.73. The van der Waals surface area contributed by atoms with Crippen LogP contribution < -0.4 is 4.74 Å². The smallest absolute Gasteiger partial charge is 0.228 e. The summed E-state index contributed by atoms with van der Waals surface area (Å²) in [6, 6.07) is 6.20. The SMILES string of the molecule is C=CC(=O)c1ccc(OCF)cc1. The zero-order chi connectivity index (χ0) is 9.68. The normalized spacial score (nSPS) is 9.31. The number of hydrogen-bond donors (Lipinski definition) is 0. The number of hydrogen-bond acceptors (Lipinski definition) is 2. The summed E-state index contributed by atoms with van der Waals surface area (Å²) in [6.45, 7) is 2.49. The van der Waals surface area contributed by atoms with Gasteiger partial charge < -0.3 is 4.74 Å². The van der Waals surface area contributed by atoms with Crippen molar-refractivity contribution in [1.29, 1.82) is 0 Å². The molecule has 0 aliphatic rings. The van der Waals surface area contributed by atoms with E-state index in [9.17, 15) is 9.18 Å². The Labute approximate surface area is 75.6 Å². The Morgan fingerprint density at radius 3 is 2.54 bits per heavy atom. The molecule has 0 fully saturated rings. The minimum atomic E-state index is -0.866. The lowest BCUT2D eigenvalue weighted by Crippen LogP contribution is -1.94. The molecule has 0 saturated heterocycles. The van der Waals surface area contributed by atoms with E-state index in [0.717, 1.165) is 0 Å². The number of alkyl halides is 1. The van der Waals surface area contributed by atoms with Crippen LogP contribution >= 0.6 is 0 Å². The van der Waals surface area contributed by atoms with Crippen molar-refractivity contribution in [2.45, 2.75) is 0 Å². The van der Waals surface area contributed by atoms with Crippen LogP contribution in [0.1, 0.15) is 10.4 Å². The quantitative estimate of drug-likeness (QED) is 0.525. The Morgan fingerprint density at radius 2 is 2.08 bits per heavy atom. The Kier molecular flexibility index (Phi) is 3.20. The Hall–Kier alpha value is -1.64. The number of halogens is 1. The van der Waals surface area contributed by atoms with Gasteiger partial charge in [-0.2, -0.15) is 0 Å². The lowest BCUT2D eigenvalue weighted by Gasteiger charge is -2.00. The number of carbonyl (C=O) groups is 1. The van der Waals surface area contributed by atoms with Gasteiger partial charge in [0.15, 0.2) is 5.78 Å². The van der Waals surface area contributed by atoms with Gasteiger partial charge in [0.25, 0.3) is 0 Å². The summed E-state index contributed by atoms with van der Waals surface area (Å²) < 4.78 is 16.3. The van der Waals surface area contributed by atoms with E-state index in [-0.39, 0.29) is 5.78 Å². The molecule has 0 amide bonds. The molecule has 3 heteroatoms. The predicted octanol–water partition coefficient (Wildman–Crippen LogP) is 2.36. The molecule has 0 unspecified atom stereocenters. The second kappa shape index (κ2) is 4.40. The highest BCUT2D eigenvalue weighted by Gasteiger charge is 2.00. The molecule has 0 spiro atoms. The van der Waals surface area contributed by atoms with Gasteiger partial charge in [-0.1, -0.05) is 6.58 Å². The molecule has 68 valence electrons. The van der Waals surface area contributed by atoms with Gasteiger partial charge in [-0.25, -0.2) is 4.39 Å². The third-order valence-electron chi connectivity index (χ3n) is 1.55. The first kappa shape index (κ1) is 9.45. The van der Waals surface area contributed by atoms with E-state index in [2.05, 4.69) is 11.3 Å². The second-order valence-corrected chi connectivity index (χ2v) is 2.35. The lowest BCUT2D eigenvalue weighted by molar-refractivity contribution is 0.104. The summed E-state index contributed by atoms with van der Waals surface area (Å²) in [7, 11) is 0. The summed E-state index contributed by atoms with van der Waals surface area (Å²) in [5.41, 5.74) is 0.515. The third kappa shape index (κ3) is 2.40. The van der Waals surface area contributed by atoms with E-state index in [1.807, 2.05) is 0 Å². The summed E-state index contributed by atoms with van der Waals surface area (Å²) in [5, 5.41) is 0. The zero-order valence-electron chi connectivity index (χ0n) is 7.00. The van der Waals surface area contributed by atoms with Gasteiger partial charge in [0, 0.05) is 5.56 Å². The van der Waals surface area contributed by atoms with Gasteiger partial charge in [0.05, 0.1) is 0 Å². The third-order valence-corrected chi connectivity index (χ3v) is 1.55. The molecule has 13 heavy (non-hydrogen) atoms. The molecule has 0 heterocycles. The maximum Gasteiger partial charge on any atom is 0.228 e. The van der Waals surface area contributed by atoms with Crippen LogP contribution in [-0.4, -0.2) is 12.6 Å². The minimum absolute atomic E-state index is 0.160. The summed E-state index contributed by atoms with van der Waals surface area (Å²) >= 11 is 0. The molecule has 0 N–H and O–H groups in total. The molecular formula is C10H9FO2. The number of carbonyl (C=O) groups excluding carboxylic acids is 1. The van der Waals surface area contributed by atoms with E-state index in [1.165, 1.54) is 18.2 Å². The van der Waals surface area contributed by atoms with Crippen molar-refractivity contribution in [1.82, 2.24) is 0 Å². The fourth-order valence-electron chi connectivity index (χ4n) is 0.896. The van der Waals surface area contributed by atoms with Crippen molar-refractivity contribution in [2.24, 2.45) is 0 Å². The molecule has 2 nitrogen and oxygen atoms in total. The van der Waals surface area contributed by atoms with Crippen LogP contribution in [0, 0.1) is 0 Å². The maximum atomic E-state index is 11.7. The summed E-state index contributed by atoms with van der Waals surface area (Å²) in [4.78, 5) is 11.0. The average Bonchev–Trinajstić information content (AvgIpc) is 2.18. The van der Waals surface area contributed by atoms with E-state index < -0.39 is 6.86 Å². The van der Waals surface area contributed by atoms with Gasteiger partial charge in [-0.05, 0) is 30.3 Å². The number of rotatable bonds is 4. The van der Waals surface area contributed by atoms with Crippen LogP contribution in [0.2, 0.25) is 0 Å². The van der Waals surface area contributed by atoms with Gasteiger partial charge in [-0.3, -0.25) is 4.79 Å². The lowest BCUT2D eigenvalue weighted by atomic mass is 10.1. The highest BCUT2D eigenvalue weighted by atomic mass is 19.1. The second-order valence-electron chi connectivity index (χ2n) is 2.35. The van der Waals surface area contributed by atoms with Crippen LogP contribution in [0.25, 0.3) is 0 Å². The standard InChI is InChI=1S/C10H9FO2/c1-2-10(12)8-3-5-9(6-4-8)13-7-11/h2-6H,1,7H2. The maximum absolute atomic E-state index is 11.7. The molecule has 0 bridgehead atoms. The topological polar surface area (TPSA) is 26.3 Å². The van der Waals surface area contributed by atoms with Crippen LogP contribution in [0.3, 0.4) is 0 Å². The molecule has 0 saturated carbocycles. The van der Waals surface area contributed by atoms with Crippen LogP contribution in [0.4, 0.5) is 4.39 Å². The molecular weight excluding hydrogens is 171 g/mol. The van der Waals surface area contributed by atoms with Crippen LogP contribution in [0.5, 0.6) is 5.75 Å². The van der Waals surface area contributed by atoms with E-state index >= 15 is 0 Å². The first-order valence-corrected chi connectivity index (χ1v) is 3.73. The van der Waals surface area contributed by atoms with E-state index in [4.69, 9.17) is 0 Å². The van der Waals surface area contributed by atoms with Crippen molar-refractivity contribution in [3.8, 4) is 5.75 Å². The zero-order valence-corrected chi connectivity index (χ0v) is 7.00. The van der Waals surface area contributed by atoms with E-state index in [0.29, 0.717) is 11.3 Å². The number of ketones is 1. The number of benzene rings is 1. The van der Waals surface area contributed by atoms with Gasteiger partial charge in [0.1, 0.15) is 5.75 Å². The van der Waals surface area contributed by atoms with Crippen LogP contribution in [-0.2, 0) is 0 Å². The van der Waals surface area contributed by atoms with Crippen molar-refractivity contribution in [2.75, 3.05) is 6.86 Å². The fraction of sp³-hybridized carbons (Fsp3) is 0.100. The van der Waals surface area contributed by atoms with Gasteiger partial charge >= 0.3 is 0 Å². The Balaban J connectivity index is 2.80. The molecule has 0 aliphatic heterocycles. The highest BCUT2D eigenvalue weighted by Crippen LogP contribution is 2.12. The Morgan fingerprint density at radius 1 is 1.46 bits per heavy atom. The van der Waals surface area contributed by atoms with Crippen molar-refractivity contribution in [3.05, 3.63) is 42.5 Å². The van der Waals surface area contributed by atoms with Crippen molar-refractivity contribution < 1.29 is 13.9 Å². The monoisotopic (exact) mass is 180 g/mol. The molecule has 0 atom stereocenters.